The van der Waals surface area contributed by atoms with E-state index in [-0.39, 0.29) is 18.5 Å². The Morgan fingerprint density at radius 3 is 1.37 bits per heavy atom. The molecule has 0 aromatic rings. The van der Waals surface area contributed by atoms with E-state index in [4.69, 9.17) is 4.74 Å². The number of nitrogens with one attached hydrogen (secondary N) is 1. The summed E-state index contributed by atoms with van der Waals surface area (Å²) in [6.07, 6.45) is 55.6. The third-order valence-corrected chi connectivity index (χ3v) is 11.2. The molecule has 0 aromatic heterocycles. The Bertz CT molecular complexity index is 931. The van der Waals surface area contributed by atoms with Crippen LogP contribution in [0.4, 0.5) is 0 Å². The van der Waals surface area contributed by atoms with Crippen molar-refractivity contribution in [3.8, 4) is 0 Å². The standard InChI is InChI=1S/C51H95NO5/c1-3-5-7-9-11-13-15-17-18-20-25-29-33-37-41-45-51(56)57-46-42-38-34-30-26-22-21-24-28-32-36-40-44-50(55)52-48(47-53)49(54)43-39-35-31-27-23-19-16-14-12-10-8-6-4-2/h11,13,17-18,39,43,48-49,53-54H,3-10,12,14-16,19-38,40-42,44-47H2,1-2H3,(H,52,55)/b13-11-,18-17-,43-39+. The molecule has 0 heterocycles. The van der Waals surface area contributed by atoms with Crippen molar-refractivity contribution in [3.05, 3.63) is 36.5 Å². The molecular weight excluding hydrogens is 707 g/mol. The van der Waals surface area contributed by atoms with Crippen LogP contribution in [0.25, 0.3) is 0 Å². The molecule has 0 saturated heterocycles. The minimum Gasteiger partial charge on any atom is -0.466 e. The Morgan fingerprint density at radius 1 is 0.491 bits per heavy atom. The van der Waals surface area contributed by atoms with Crippen molar-refractivity contribution in [2.45, 2.75) is 264 Å². The van der Waals surface area contributed by atoms with Gasteiger partial charge in [0.25, 0.3) is 0 Å². The molecule has 6 nitrogen and oxygen atoms in total. The highest BCUT2D eigenvalue weighted by molar-refractivity contribution is 5.76. The van der Waals surface area contributed by atoms with E-state index < -0.39 is 12.1 Å². The van der Waals surface area contributed by atoms with Gasteiger partial charge in [-0.25, -0.2) is 0 Å². The lowest BCUT2D eigenvalue weighted by Crippen LogP contribution is -2.45. The first-order valence-electron chi connectivity index (χ1n) is 24.8. The van der Waals surface area contributed by atoms with Gasteiger partial charge in [-0.05, 0) is 64.2 Å². The van der Waals surface area contributed by atoms with E-state index in [9.17, 15) is 19.8 Å². The maximum Gasteiger partial charge on any atom is 0.305 e. The number of hydrogen-bond acceptors (Lipinski definition) is 5. The van der Waals surface area contributed by atoms with Crippen LogP contribution in [-0.2, 0) is 14.3 Å². The predicted octanol–water partition coefficient (Wildman–Crippen LogP) is 14.5. The lowest BCUT2D eigenvalue weighted by molar-refractivity contribution is -0.143. The van der Waals surface area contributed by atoms with Crippen LogP contribution in [-0.4, -0.2) is 47.4 Å². The van der Waals surface area contributed by atoms with Gasteiger partial charge in [-0.2, -0.15) is 0 Å². The largest absolute Gasteiger partial charge is 0.466 e. The van der Waals surface area contributed by atoms with Crippen molar-refractivity contribution < 1.29 is 24.5 Å². The monoisotopic (exact) mass is 802 g/mol. The predicted molar refractivity (Wildman–Crippen MR) is 246 cm³/mol. The van der Waals surface area contributed by atoms with Gasteiger partial charge in [-0.15, -0.1) is 0 Å². The molecule has 334 valence electrons. The molecule has 57 heavy (non-hydrogen) atoms. The van der Waals surface area contributed by atoms with E-state index in [1.165, 1.54) is 154 Å². The minimum atomic E-state index is -0.854. The van der Waals surface area contributed by atoms with Crippen LogP contribution in [0.15, 0.2) is 36.5 Å². The Labute approximate surface area is 353 Å². The average Bonchev–Trinajstić information content (AvgIpc) is 3.21. The number of allylic oxidation sites excluding steroid dienone is 5. The van der Waals surface area contributed by atoms with Gasteiger partial charge in [-0.1, -0.05) is 211 Å². The van der Waals surface area contributed by atoms with E-state index >= 15 is 0 Å². The first-order chi connectivity index (χ1) is 28.0. The lowest BCUT2D eigenvalue weighted by Gasteiger charge is -2.20. The summed E-state index contributed by atoms with van der Waals surface area (Å²) in [5.41, 5.74) is 0. The second-order valence-corrected chi connectivity index (χ2v) is 16.8. The molecule has 0 aliphatic rings. The van der Waals surface area contributed by atoms with Gasteiger partial charge in [0.05, 0.1) is 25.4 Å². The number of rotatable bonds is 45. The first-order valence-corrected chi connectivity index (χ1v) is 24.8. The molecule has 6 heteroatoms. The molecule has 0 fully saturated rings. The van der Waals surface area contributed by atoms with E-state index in [0.717, 1.165) is 70.6 Å². The van der Waals surface area contributed by atoms with Crippen molar-refractivity contribution in [3.63, 3.8) is 0 Å². The molecule has 0 radical (unpaired) electrons. The van der Waals surface area contributed by atoms with Gasteiger partial charge in [0.2, 0.25) is 5.91 Å². The Morgan fingerprint density at radius 2 is 0.877 bits per heavy atom. The molecule has 0 bridgehead atoms. The fourth-order valence-corrected chi connectivity index (χ4v) is 7.31. The molecule has 0 saturated carbocycles. The van der Waals surface area contributed by atoms with E-state index in [0.29, 0.717) is 19.4 Å². The lowest BCUT2D eigenvalue weighted by atomic mass is 10.0. The number of carbonyl (C=O) groups excluding carboxylic acids is 2. The van der Waals surface area contributed by atoms with Crippen molar-refractivity contribution in [1.29, 1.82) is 0 Å². The molecule has 1 amide bonds. The van der Waals surface area contributed by atoms with Gasteiger partial charge in [-0.3, -0.25) is 9.59 Å². The normalized spacial score (nSPS) is 13.0. The molecular formula is C51H95NO5. The minimum absolute atomic E-state index is 0.0256. The summed E-state index contributed by atoms with van der Waals surface area (Å²) < 4.78 is 5.45. The van der Waals surface area contributed by atoms with E-state index in [2.05, 4.69) is 43.5 Å². The summed E-state index contributed by atoms with van der Waals surface area (Å²) in [4.78, 5) is 24.4. The first kappa shape index (κ1) is 55.1. The number of esters is 1. The highest BCUT2D eigenvalue weighted by Gasteiger charge is 2.18. The number of aliphatic hydroxyl groups is 2. The summed E-state index contributed by atoms with van der Waals surface area (Å²) in [5, 5.41) is 23.0. The van der Waals surface area contributed by atoms with Gasteiger partial charge >= 0.3 is 5.97 Å². The van der Waals surface area contributed by atoms with Gasteiger partial charge in [0.15, 0.2) is 0 Å². The van der Waals surface area contributed by atoms with Gasteiger partial charge in [0, 0.05) is 12.8 Å². The molecule has 0 spiro atoms. The molecule has 0 aliphatic carbocycles. The maximum absolute atomic E-state index is 12.4. The van der Waals surface area contributed by atoms with Crippen LogP contribution in [0, 0.1) is 0 Å². The topological polar surface area (TPSA) is 95.9 Å². The van der Waals surface area contributed by atoms with Crippen LogP contribution >= 0.6 is 0 Å². The molecule has 2 atom stereocenters. The van der Waals surface area contributed by atoms with Crippen molar-refractivity contribution >= 4 is 11.9 Å². The zero-order valence-electron chi connectivity index (χ0n) is 37.8. The second-order valence-electron chi connectivity index (χ2n) is 16.8. The van der Waals surface area contributed by atoms with Crippen molar-refractivity contribution in [2.75, 3.05) is 13.2 Å². The summed E-state index contributed by atoms with van der Waals surface area (Å²) in [5.74, 6) is -0.111. The smallest absolute Gasteiger partial charge is 0.305 e. The van der Waals surface area contributed by atoms with Gasteiger partial charge in [0.1, 0.15) is 0 Å². The van der Waals surface area contributed by atoms with Gasteiger partial charge < -0.3 is 20.3 Å². The molecule has 0 aromatic carbocycles. The Balaban J connectivity index is 3.51. The second kappa shape index (κ2) is 46.8. The highest BCUT2D eigenvalue weighted by Crippen LogP contribution is 2.15. The average molecular weight is 802 g/mol. The summed E-state index contributed by atoms with van der Waals surface area (Å²) >= 11 is 0. The third kappa shape index (κ3) is 43.5. The molecule has 0 rings (SSSR count). The molecule has 0 aliphatic heterocycles. The summed E-state index contributed by atoms with van der Waals surface area (Å²) in [6.45, 7) is 4.82. The fraction of sp³-hybridized carbons (Fsp3) is 0.843. The number of hydrogen-bond donors (Lipinski definition) is 3. The Kier molecular flexibility index (Phi) is 45.2. The summed E-state index contributed by atoms with van der Waals surface area (Å²) in [6, 6.07) is -0.639. The zero-order chi connectivity index (χ0) is 41.5. The molecule has 2 unspecified atom stereocenters. The number of amides is 1. The van der Waals surface area contributed by atoms with Crippen LogP contribution < -0.4 is 5.32 Å². The summed E-state index contributed by atoms with van der Waals surface area (Å²) in [7, 11) is 0. The molecule has 3 N–H and O–H groups in total. The van der Waals surface area contributed by atoms with Crippen molar-refractivity contribution in [1.82, 2.24) is 5.32 Å². The van der Waals surface area contributed by atoms with Crippen LogP contribution in [0.3, 0.4) is 0 Å². The zero-order valence-corrected chi connectivity index (χ0v) is 37.8. The highest BCUT2D eigenvalue weighted by atomic mass is 16.5. The number of carbonyl (C=O) groups is 2. The van der Waals surface area contributed by atoms with Crippen LogP contribution in [0.2, 0.25) is 0 Å². The number of aliphatic hydroxyl groups excluding tert-OH is 2. The maximum atomic E-state index is 12.4. The fourth-order valence-electron chi connectivity index (χ4n) is 7.31. The van der Waals surface area contributed by atoms with E-state index in [1.54, 1.807) is 6.08 Å². The van der Waals surface area contributed by atoms with Crippen LogP contribution in [0.1, 0.15) is 251 Å². The number of unbranched alkanes of at least 4 members (excludes halogenated alkanes) is 30. The van der Waals surface area contributed by atoms with Crippen LogP contribution in [0.5, 0.6) is 0 Å². The Hall–Kier alpha value is -1.92. The number of ether oxygens (including phenoxy) is 1. The van der Waals surface area contributed by atoms with E-state index in [1.807, 2.05) is 6.08 Å². The quantitative estimate of drug-likeness (QED) is 0.0324. The third-order valence-electron chi connectivity index (χ3n) is 11.2. The SMILES string of the molecule is CCCCC/C=C\C/C=C\CCCCCCCC(=O)OCCCCCCCCCCCCCCC(=O)NC(CO)C(O)/C=C/CCCCCCCCCCCCC. The van der Waals surface area contributed by atoms with Crippen molar-refractivity contribution in [2.24, 2.45) is 0 Å².